The minimum Gasteiger partial charge on any atom is -0.461 e. The molecule has 0 unspecified atom stereocenters. The Bertz CT molecular complexity index is 439. The molecule has 15 heavy (non-hydrogen) atoms. The molecule has 4 heteroatoms. The van der Waals surface area contributed by atoms with Crippen molar-refractivity contribution in [2.24, 2.45) is 0 Å². The van der Waals surface area contributed by atoms with Crippen LogP contribution < -0.4 is 4.74 Å². The van der Waals surface area contributed by atoms with Crippen molar-refractivity contribution in [3.63, 3.8) is 0 Å². The number of hydrogen-bond donors (Lipinski definition) is 0. The van der Waals surface area contributed by atoms with Gasteiger partial charge in [-0.1, -0.05) is 29.8 Å². The van der Waals surface area contributed by atoms with Crippen molar-refractivity contribution in [1.29, 1.82) is 0 Å². The number of alkyl halides is 1. The Balaban J connectivity index is 2.43. The van der Waals surface area contributed by atoms with Gasteiger partial charge in [0.1, 0.15) is 0 Å². The fourth-order valence-electron chi connectivity index (χ4n) is 1.39. The first-order valence-corrected chi connectivity index (χ1v) is 5.15. The smallest absolute Gasteiger partial charge is 0.218 e. The van der Waals surface area contributed by atoms with Crippen molar-refractivity contribution in [2.45, 2.75) is 6.92 Å². The summed E-state index contributed by atoms with van der Waals surface area (Å²) in [6.45, 7) is 1.92. The zero-order valence-electron chi connectivity index (χ0n) is 8.35. The van der Waals surface area contributed by atoms with Crippen LogP contribution in [-0.2, 0) is 0 Å². The van der Waals surface area contributed by atoms with Crippen molar-refractivity contribution < 1.29 is 4.74 Å². The number of hydrogen-bond acceptors (Lipinski definition) is 2. The Morgan fingerprint density at radius 1 is 1.33 bits per heavy atom. The molecule has 1 aromatic carbocycles. The Hall–Kier alpha value is -1.48. The largest absolute Gasteiger partial charge is 0.461 e. The zero-order chi connectivity index (χ0) is 10.7. The molecule has 2 aromatic rings. The number of halogens is 1. The van der Waals surface area contributed by atoms with Gasteiger partial charge >= 0.3 is 0 Å². The third kappa shape index (κ3) is 2.13. The van der Waals surface area contributed by atoms with E-state index in [9.17, 15) is 0 Å². The van der Waals surface area contributed by atoms with Crippen LogP contribution in [0.25, 0.3) is 5.69 Å². The fourth-order valence-corrected chi connectivity index (χ4v) is 1.50. The number of aryl methyl sites for hydroxylation is 1. The van der Waals surface area contributed by atoms with Crippen LogP contribution in [0.3, 0.4) is 0 Å². The minimum absolute atomic E-state index is 0.123. The van der Waals surface area contributed by atoms with Gasteiger partial charge in [-0.2, -0.15) is 5.10 Å². The molecule has 0 bridgehead atoms. The Morgan fingerprint density at radius 3 is 2.73 bits per heavy atom. The summed E-state index contributed by atoms with van der Waals surface area (Å²) in [5, 5.41) is 4.33. The van der Waals surface area contributed by atoms with Crippen molar-refractivity contribution in [3.8, 4) is 11.6 Å². The summed E-state index contributed by atoms with van der Waals surface area (Å²) in [6.07, 6.45) is 0. The Morgan fingerprint density at radius 2 is 2.07 bits per heavy atom. The standard InChI is InChI=1S/C11H11ClN2O/c1-9-7-11(15-8-12)14(13-9)10-5-3-2-4-6-10/h2-7H,8H2,1H3. The number of para-hydroxylation sites is 1. The highest BCUT2D eigenvalue weighted by atomic mass is 35.5. The van der Waals surface area contributed by atoms with E-state index in [4.69, 9.17) is 16.3 Å². The first kappa shape index (κ1) is 10.1. The second kappa shape index (κ2) is 4.36. The van der Waals surface area contributed by atoms with Crippen LogP contribution in [0.2, 0.25) is 0 Å². The van der Waals surface area contributed by atoms with E-state index < -0.39 is 0 Å². The summed E-state index contributed by atoms with van der Waals surface area (Å²) >= 11 is 5.54. The highest BCUT2D eigenvalue weighted by Gasteiger charge is 2.07. The van der Waals surface area contributed by atoms with Crippen LogP contribution in [0, 0.1) is 6.92 Å². The van der Waals surface area contributed by atoms with E-state index >= 15 is 0 Å². The number of nitrogens with zero attached hydrogens (tertiary/aromatic N) is 2. The van der Waals surface area contributed by atoms with E-state index in [0.717, 1.165) is 11.4 Å². The maximum atomic E-state index is 5.54. The van der Waals surface area contributed by atoms with E-state index in [2.05, 4.69) is 5.10 Å². The molecule has 0 amide bonds. The SMILES string of the molecule is Cc1cc(OCCl)n(-c2ccccc2)n1. The summed E-state index contributed by atoms with van der Waals surface area (Å²) < 4.78 is 7.01. The summed E-state index contributed by atoms with van der Waals surface area (Å²) in [4.78, 5) is 0. The summed E-state index contributed by atoms with van der Waals surface area (Å²) in [5.41, 5.74) is 1.87. The van der Waals surface area contributed by atoms with Gasteiger partial charge in [-0.25, -0.2) is 4.68 Å². The predicted molar refractivity (Wildman–Crippen MR) is 59.6 cm³/mol. The van der Waals surface area contributed by atoms with Crippen LogP contribution in [0.5, 0.6) is 5.88 Å². The molecule has 2 rings (SSSR count). The summed E-state index contributed by atoms with van der Waals surface area (Å²) in [6, 6.07) is 11.8. The van der Waals surface area contributed by atoms with Crippen molar-refractivity contribution in [3.05, 3.63) is 42.1 Å². The van der Waals surface area contributed by atoms with Gasteiger partial charge in [0.05, 0.1) is 11.4 Å². The van der Waals surface area contributed by atoms with E-state index in [1.165, 1.54) is 0 Å². The van der Waals surface area contributed by atoms with Crippen LogP contribution in [0.1, 0.15) is 5.69 Å². The average Bonchev–Trinajstić information content (AvgIpc) is 2.62. The molecule has 0 aliphatic carbocycles. The van der Waals surface area contributed by atoms with Crippen molar-refractivity contribution >= 4 is 11.6 Å². The van der Waals surface area contributed by atoms with Crippen molar-refractivity contribution in [2.75, 3.05) is 6.07 Å². The van der Waals surface area contributed by atoms with E-state index in [-0.39, 0.29) is 6.07 Å². The maximum absolute atomic E-state index is 5.54. The molecule has 78 valence electrons. The molecule has 0 saturated carbocycles. The van der Waals surface area contributed by atoms with E-state index in [1.807, 2.05) is 43.3 Å². The van der Waals surface area contributed by atoms with Gasteiger partial charge in [-0.05, 0) is 19.1 Å². The highest BCUT2D eigenvalue weighted by Crippen LogP contribution is 2.18. The first-order chi connectivity index (χ1) is 7.31. The molecule has 1 aromatic heterocycles. The third-order valence-corrected chi connectivity index (χ3v) is 2.11. The molecule has 0 saturated heterocycles. The monoisotopic (exact) mass is 222 g/mol. The van der Waals surface area contributed by atoms with Crippen LogP contribution in [-0.4, -0.2) is 15.8 Å². The van der Waals surface area contributed by atoms with Gasteiger partial charge in [-0.15, -0.1) is 0 Å². The number of aromatic nitrogens is 2. The molecule has 3 nitrogen and oxygen atoms in total. The molecule has 0 spiro atoms. The number of benzene rings is 1. The number of rotatable bonds is 3. The lowest BCUT2D eigenvalue weighted by atomic mass is 10.3. The van der Waals surface area contributed by atoms with E-state index in [1.54, 1.807) is 4.68 Å². The van der Waals surface area contributed by atoms with Crippen LogP contribution >= 0.6 is 11.6 Å². The topological polar surface area (TPSA) is 27.1 Å². The zero-order valence-corrected chi connectivity index (χ0v) is 9.11. The Labute approximate surface area is 93.2 Å². The minimum atomic E-state index is 0.123. The lowest BCUT2D eigenvalue weighted by molar-refractivity contribution is 0.359. The Kier molecular flexibility index (Phi) is 2.92. The van der Waals surface area contributed by atoms with Gasteiger partial charge in [0.2, 0.25) is 5.88 Å². The van der Waals surface area contributed by atoms with Crippen LogP contribution in [0.15, 0.2) is 36.4 Å². The second-order valence-electron chi connectivity index (χ2n) is 3.12. The molecular weight excluding hydrogens is 212 g/mol. The van der Waals surface area contributed by atoms with E-state index in [0.29, 0.717) is 5.88 Å². The van der Waals surface area contributed by atoms with Gasteiger partial charge in [0.15, 0.2) is 6.07 Å². The van der Waals surface area contributed by atoms with Gasteiger partial charge in [0, 0.05) is 6.07 Å². The first-order valence-electron chi connectivity index (χ1n) is 4.62. The molecular formula is C11H11ClN2O. The van der Waals surface area contributed by atoms with Gasteiger partial charge in [-0.3, -0.25) is 0 Å². The predicted octanol–water partition coefficient (Wildman–Crippen LogP) is 2.76. The summed E-state index contributed by atoms with van der Waals surface area (Å²) in [7, 11) is 0. The third-order valence-electron chi connectivity index (χ3n) is 2.00. The van der Waals surface area contributed by atoms with Gasteiger partial charge in [0.25, 0.3) is 0 Å². The molecule has 0 radical (unpaired) electrons. The summed E-state index contributed by atoms with van der Waals surface area (Å²) in [5.74, 6) is 0.661. The second-order valence-corrected chi connectivity index (χ2v) is 3.34. The molecule has 0 atom stereocenters. The highest BCUT2D eigenvalue weighted by molar-refractivity contribution is 6.17. The fraction of sp³-hybridized carbons (Fsp3) is 0.182. The molecule has 0 N–H and O–H groups in total. The molecule has 0 aliphatic rings. The lowest BCUT2D eigenvalue weighted by Crippen LogP contribution is -2.01. The number of ether oxygens (including phenoxy) is 1. The molecule has 0 aliphatic heterocycles. The quantitative estimate of drug-likeness (QED) is 0.747. The molecule has 1 heterocycles. The van der Waals surface area contributed by atoms with Gasteiger partial charge < -0.3 is 4.74 Å². The van der Waals surface area contributed by atoms with Crippen LogP contribution in [0.4, 0.5) is 0 Å². The lowest BCUT2D eigenvalue weighted by Gasteiger charge is -2.05. The average molecular weight is 223 g/mol. The normalized spacial score (nSPS) is 10.3. The maximum Gasteiger partial charge on any atom is 0.218 e. The molecule has 0 fully saturated rings. The van der Waals surface area contributed by atoms with Crippen molar-refractivity contribution in [1.82, 2.24) is 9.78 Å².